The molecule has 3 unspecified atom stereocenters. The van der Waals surface area contributed by atoms with Gasteiger partial charge in [-0.2, -0.15) is 0 Å². The number of alkyl carbamates (subject to hydrolysis) is 1. The van der Waals surface area contributed by atoms with Gasteiger partial charge < -0.3 is 26.0 Å². The summed E-state index contributed by atoms with van der Waals surface area (Å²) >= 11 is 0. The Kier molecular flexibility index (Phi) is 37.0. The van der Waals surface area contributed by atoms with E-state index in [-0.39, 0.29) is 42.9 Å². The molecule has 0 aromatic heterocycles. The van der Waals surface area contributed by atoms with Crippen LogP contribution in [0.5, 0.6) is 0 Å². The minimum Gasteiger partial charge on any atom is -0.449 e. The Bertz CT molecular complexity index is 1050. The molecule has 0 bridgehead atoms. The van der Waals surface area contributed by atoms with Crippen LogP contribution in [0.2, 0.25) is 0 Å². The second kappa shape index (κ2) is 34.4. The van der Waals surface area contributed by atoms with Crippen LogP contribution >= 0.6 is 0 Å². The summed E-state index contributed by atoms with van der Waals surface area (Å²) in [5.41, 5.74) is 1.38. The van der Waals surface area contributed by atoms with Crippen LogP contribution in [0, 0.1) is 45.8 Å². The highest BCUT2D eigenvalue weighted by Crippen LogP contribution is 2.43. The standard InChI is InChI=1S/C17H36.C11H22N2O3.C11H22N2O2.C10H22/c1-14(2)10-11-16(6,7)13-17(8,9)12-15(3,4)5;1-5-9(4)7-16-11(15)12-6-10(14)13-8(2)3;1-5-9(4)6-10(14)12-7-11(15)13-8(2)3;1-5-10(4)8-6-7-9(2)3/h14H,10-13H2,1-9H3;8-9H,5-7H2,1-4H3,(H,12,15)(H,13,14);8-9H,5-7H2,1-4H3,(H,12,14)(H,13,15);9-10H,5-8H2,1-4H3. The second-order valence-electron chi connectivity index (χ2n) is 21.4. The summed E-state index contributed by atoms with van der Waals surface area (Å²) in [7, 11) is 0. The van der Waals surface area contributed by atoms with Gasteiger partial charge in [0.2, 0.25) is 17.7 Å². The Hall–Kier alpha value is -2.32. The minimum atomic E-state index is -0.542. The Morgan fingerprint density at radius 3 is 1.36 bits per heavy atom. The first-order chi connectivity index (χ1) is 26.4. The van der Waals surface area contributed by atoms with Gasteiger partial charge in [-0.3, -0.25) is 14.4 Å². The van der Waals surface area contributed by atoms with Crippen molar-refractivity contribution in [3.8, 4) is 0 Å². The van der Waals surface area contributed by atoms with Gasteiger partial charge in [0.05, 0.1) is 13.2 Å². The first-order valence-corrected chi connectivity index (χ1v) is 23.2. The summed E-state index contributed by atoms with van der Waals surface area (Å²) < 4.78 is 4.92. The number of carbonyl (C=O) groups is 4. The van der Waals surface area contributed by atoms with Gasteiger partial charge in [-0.1, -0.05) is 163 Å². The Balaban J connectivity index is -0.000000340. The predicted molar refractivity (Wildman–Crippen MR) is 251 cm³/mol. The summed E-state index contributed by atoms with van der Waals surface area (Å²) in [4.78, 5) is 44.8. The molecule has 0 radical (unpaired) electrons. The van der Waals surface area contributed by atoms with Crippen molar-refractivity contribution in [3.63, 3.8) is 0 Å². The highest BCUT2D eigenvalue weighted by molar-refractivity contribution is 5.84. The van der Waals surface area contributed by atoms with E-state index in [0.717, 1.165) is 30.6 Å². The van der Waals surface area contributed by atoms with E-state index >= 15 is 0 Å². The van der Waals surface area contributed by atoms with Gasteiger partial charge in [0.1, 0.15) is 6.54 Å². The molecule has 0 fully saturated rings. The average molecular weight is 827 g/mol. The highest BCUT2D eigenvalue weighted by atomic mass is 16.5. The molecular weight excluding hydrogens is 725 g/mol. The maximum Gasteiger partial charge on any atom is 0.407 e. The van der Waals surface area contributed by atoms with Crippen LogP contribution in [0.1, 0.15) is 216 Å². The van der Waals surface area contributed by atoms with E-state index in [1.807, 2.05) is 55.4 Å². The zero-order chi connectivity index (χ0) is 46.3. The van der Waals surface area contributed by atoms with Crippen LogP contribution < -0.4 is 21.3 Å². The molecule has 9 nitrogen and oxygen atoms in total. The van der Waals surface area contributed by atoms with Gasteiger partial charge in [0.15, 0.2) is 0 Å². The van der Waals surface area contributed by atoms with Crippen molar-refractivity contribution in [2.45, 2.75) is 228 Å². The number of hydrogen-bond donors (Lipinski definition) is 4. The first kappa shape index (κ1) is 62.3. The quantitative estimate of drug-likeness (QED) is 0.0816. The number of rotatable bonds is 23. The topological polar surface area (TPSA) is 126 Å². The lowest BCUT2D eigenvalue weighted by Gasteiger charge is -2.39. The summed E-state index contributed by atoms with van der Waals surface area (Å²) in [6, 6.07) is 0.189. The lowest BCUT2D eigenvalue weighted by atomic mass is 9.66. The molecule has 0 aliphatic carbocycles. The van der Waals surface area contributed by atoms with Gasteiger partial charge in [-0.05, 0) is 92.8 Å². The Morgan fingerprint density at radius 2 is 0.966 bits per heavy atom. The molecule has 3 atom stereocenters. The normalized spacial score (nSPS) is 13.2. The largest absolute Gasteiger partial charge is 0.449 e. The fourth-order valence-corrected chi connectivity index (χ4v) is 6.64. The van der Waals surface area contributed by atoms with Crippen molar-refractivity contribution in [2.75, 3.05) is 19.7 Å². The van der Waals surface area contributed by atoms with Crippen molar-refractivity contribution in [1.29, 1.82) is 0 Å². The van der Waals surface area contributed by atoms with E-state index in [9.17, 15) is 19.2 Å². The third-order valence-electron chi connectivity index (χ3n) is 9.71. The van der Waals surface area contributed by atoms with Crippen LogP contribution in [-0.4, -0.2) is 55.6 Å². The van der Waals surface area contributed by atoms with Crippen molar-refractivity contribution in [3.05, 3.63) is 0 Å². The lowest BCUT2D eigenvalue weighted by molar-refractivity contribution is -0.126. The van der Waals surface area contributed by atoms with Crippen LogP contribution in [0.15, 0.2) is 0 Å². The Labute approximate surface area is 361 Å². The maximum atomic E-state index is 11.3. The van der Waals surface area contributed by atoms with Crippen molar-refractivity contribution in [2.24, 2.45) is 45.8 Å². The number of nitrogens with one attached hydrogen (secondary N) is 4. The Morgan fingerprint density at radius 1 is 0.517 bits per heavy atom. The van der Waals surface area contributed by atoms with Crippen LogP contribution in [0.3, 0.4) is 0 Å². The molecule has 348 valence electrons. The van der Waals surface area contributed by atoms with E-state index in [0.29, 0.717) is 41.1 Å². The maximum absolute atomic E-state index is 11.3. The molecule has 0 aliphatic rings. The van der Waals surface area contributed by atoms with Crippen LogP contribution in [0.4, 0.5) is 4.79 Å². The van der Waals surface area contributed by atoms with E-state index < -0.39 is 6.09 Å². The molecule has 0 spiro atoms. The van der Waals surface area contributed by atoms with Crippen LogP contribution in [-0.2, 0) is 19.1 Å². The molecule has 9 heteroatoms. The van der Waals surface area contributed by atoms with E-state index in [1.165, 1.54) is 51.4 Å². The molecule has 0 heterocycles. The summed E-state index contributed by atoms with van der Waals surface area (Å²) in [5, 5.41) is 10.4. The van der Waals surface area contributed by atoms with Gasteiger partial charge in [-0.15, -0.1) is 0 Å². The zero-order valence-corrected chi connectivity index (χ0v) is 42.5. The second-order valence-corrected chi connectivity index (χ2v) is 21.4. The van der Waals surface area contributed by atoms with E-state index in [4.69, 9.17) is 4.74 Å². The molecular formula is C49H102N4O5. The number of ether oxygens (including phenoxy) is 1. The fourth-order valence-electron chi connectivity index (χ4n) is 6.64. The van der Waals surface area contributed by atoms with Crippen LogP contribution in [0.25, 0.3) is 0 Å². The molecule has 0 aromatic rings. The van der Waals surface area contributed by atoms with Crippen molar-refractivity contribution in [1.82, 2.24) is 21.3 Å². The fraction of sp³-hybridized carbons (Fsp3) is 0.918. The SMILES string of the molecule is CC(C)CCC(C)(C)CC(C)(C)CC(C)(C)C.CCC(C)CC(=O)NCC(=O)NC(C)C.CCC(C)CCCC(C)C.CCC(C)COC(=O)NCC(=O)NC(C)C. The number of carbonyl (C=O) groups excluding carboxylic acids is 4. The highest BCUT2D eigenvalue weighted by Gasteiger charge is 2.32. The molecule has 0 aliphatic heterocycles. The predicted octanol–water partition coefficient (Wildman–Crippen LogP) is 12.5. The molecule has 0 saturated carbocycles. The molecule has 4 amide bonds. The molecule has 0 saturated heterocycles. The van der Waals surface area contributed by atoms with E-state index in [2.05, 4.69) is 111 Å². The number of hydrogen-bond acceptors (Lipinski definition) is 5. The van der Waals surface area contributed by atoms with Crippen molar-refractivity contribution >= 4 is 23.8 Å². The lowest BCUT2D eigenvalue weighted by Crippen LogP contribution is -2.40. The third kappa shape index (κ3) is 49.8. The first-order valence-electron chi connectivity index (χ1n) is 23.2. The van der Waals surface area contributed by atoms with Gasteiger partial charge in [-0.25, -0.2) is 4.79 Å². The van der Waals surface area contributed by atoms with Gasteiger partial charge in [0, 0.05) is 18.5 Å². The van der Waals surface area contributed by atoms with Gasteiger partial charge >= 0.3 is 6.09 Å². The average Bonchev–Trinajstić information content (AvgIpc) is 3.06. The van der Waals surface area contributed by atoms with E-state index in [1.54, 1.807) is 0 Å². The van der Waals surface area contributed by atoms with Crippen molar-refractivity contribution < 1.29 is 23.9 Å². The smallest absolute Gasteiger partial charge is 0.407 e. The minimum absolute atomic E-state index is 0.0441. The van der Waals surface area contributed by atoms with Gasteiger partial charge in [0.25, 0.3) is 0 Å². The molecule has 4 N–H and O–H groups in total. The molecule has 58 heavy (non-hydrogen) atoms. The summed E-state index contributed by atoms with van der Waals surface area (Å²) in [5.74, 6) is 2.98. The molecule has 0 rings (SSSR count). The monoisotopic (exact) mass is 827 g/mol. The zero-order valence-electron chi connectivity index (χ0n) is 42.5. The molecule has 0 aromatic carbocycles. The third-order valence-corrected chi connectivity index (χ3v) is 9.71. The summed E-state index contributed by atoms with van der Waals surface area (Å²) in [6.07, 6.45) is 12.9. The number of amides is 4. The summed E-state index contributed by atoms with van der Waals surface area (Å²) in [6.45, 7) is 46.7.